The molecular weight excluding hydrogens is 330 g/mol. The monoisotopic (exact) mass is 365 g/mol. The quantitative estimate of drug-likeness (QED) is 0.813. The van der Waals surface area contributed by atoms with Gasteiger partial charge < -0.3 is 15.0 Å². The minimum absolute atomic E-state index is 0.0167. The van der Waals surface area contributed by atoms with Crippen LogP contribution in [0.3, 0.4) is 0 Å². The van der Waals surface area contributed by atoms with Gasteiger partial charge in [-0.3, -0.25) is 9.69 Å². The van der Waals surface area contributed by atoms with E-state index in [4.69, 9.17) is 4.74 Å². The fraction of sp³-hybridized carbons (Fsp3) is 0.900. The number of amides is 1. The highest BCUT2D eigenvalue weighted by Gasteiger charge is 2.43. The SMILES string of the molecule is CC(C)(C)OC(=O)N1CCN(CC2CCC3(CCNCC3)C(=O)C2)CC1. The van der Waals surface area contributed by atoms with E-state index in [0.29, 0.717) is 24.8 Å². The Kier molecular flexibility index (Phi) is 5.92. The summed E-state index contributed by atoms with van der Waals surface area (Å²) in [7, 11) is 0. The van der Waals surface area contributed by atoms with Crippen molar-refractivity contribution in [3.05, 3.63) is 0 Å². The van der Waals surface area contributed by atoms with Crippen molar-refractivity contribution in [2.75, 3.05) is 45.8 Å². The van der Waals surface area contributed by atoms with E-state index in [1.165, 1.54) is 0 Å². The highest BCUT2D eigenvalue weighted by molar-refractivity contribution is 5.86. The lowest BCUT2D eigenvalue weighted by Gasteiger charge is -2.43. The Morgan fingerprint density at radius 3 is 2.38 bits per heavy atom. The summed E-state index contributed by atoms with van der Waals surface area (Å²) in [5.74, 6) is 0.985. The van der Waals surface area contributed by atoms with Gasteiger partial charge in [-0.1, -0.05) is 0 Å². The van der Waals surface area contributed by atoms with Crippen LogP contribution < -0.4 is 5.32 Å². The molecule has 0 aromatic heterocycles. The van der Waals surface area contributed by atoms with Crippen LogP contribution in [-0.4, -0.2) is 73.1 Å². The van der Waals surface area contributed by atoms with Crippen LogP contribution in [0.15, 0.2) is 0 Å². The van der Waals surface area contributed by atoms with Gasteiger partial charge in [0.05, 0.1) is 0 Å². The Hall–Kier alpha value is -1.14. The highest BCUT2D eigenvalue weighted by atomic mass is 16.6. The number of ether oxygens (including phenoxy) is 1. The second-order valence-electron chi connectivity index (χ2n) is 9.33. The summed E-state index contributed by atoms with van der Waals surface area (Å²) < 4.78 is 5.46. The van der Waals surface area contributed by atoms with Gasteiger partial charge in [-0.2, -0.15) is 0 Å². The second-order valence-corrected chi connectivity index (χ2v) is 9.33. The molecule has 2 heterocycles. The zero-order valence-electron chi connectivity index (χ0n) is 16.7. The van der Waals surface area contributed by atoms with Crippen LogP contribution in [0.2, 0.25) is 0 Å². The van der Waals surface area contributed by atoms with Gasteiger partial charge in [0.2, 0.25) is 0 Å². The molecule has 1 spiro atoms. The maximum atomic E-state index is 12.8. The zero-order chi connectivity index (χ0) is 18.8. The van der Waals surface area contributed by atoms with E-state index in [2.05, 4.69) is 10.2 Å². The maximum Gasteiger partial charge on any atom is 0.410 e. The maximum absolute atomic E-state index is 12.8. The Labute approximate surface area is 157 Å². The number of hydrogen-bond donors (Lipinski definition) is 1. The minimum atomic E-state index is -0.443. The van der Waals surface area contributed by atoms with Crippen molar-refractivity contribution < 1.29 is 14.3 Å². The first-order valence-corrected chi connectivity index (χ1v) is 10.2. The van der Waals surface area contributed by atoms with E-state index in [-0.39, 0.29) is 11.5 Å². The van der Waals surface area contributed by atoms with Crippen molar-refractivity contribution >= 4 is 11.9 Å². The molecule has 1 saturated carbocycles. The standard InChI is InChI=1S/C20H35N3O3/c1-19(2,3)26-18(25)23-12-10-22(11-13-23)15-16-4-5-20(17(24)14-16)6-8-21-9-7-20/h16,21H,4-15H2,1-3H3. The molecule has 0 bridgehead atoms. The van der Waals surface area contributed by atoms with Crippen molar-refractivity contribution in [1.82, 2.24) is 15.1 Å². The van der Waals surface area contributed by atoms with E-state index < -0.39 is 5.60 Å². The fourth-order valence-electron chi connectivity index (χ4n) is 4.60. The second kappa shape index (κ2) is 7.85. The number of carbonyl (C=O) groups is 2. The van der Waals surface area contributed by atoms with E-state index in [0.717, 1.165) is 64.8 Å². The first-order chi connectivity index (χ1) is 12.3. The average Bonchev–Trinajstić information content (AvgIpc) is 2.58. The van der Waals surface area contributed by atoms with Crippen molar-refractivity contribution in [2.24, 2.45) is 11.3 Å². The van der Waals surface area contributed by atoms with Crippen LogP contribution in [0.5, 0.6) is 0 Å². The predicted molar refractivity (Wildman–Crippen MR) is 101 cm³/mol. The number of nitrogens with zero attached hydrogens (tertiary/aromatic N) is 2. The molecule has 2 aliphatic heterocycles. The van der Waals surface area contributed by atoms with Crippen molar-refractivity contribution in [3.8, 4) is 0 Å². The molecular formula is C20H35N3O3. The largest absolute Gasteiger partial charge is 0.444 e. The van der Waals surface area contributed by atoms with Gasteiger partial charge in [-0.25, -0.2) is 4.79 Å². The number of piperidine rings is 1. The number of hydrogen-bond acceptors (Lipinski definition) is 5. The van der Waals surface area contributed by atoms with Crippen LogP contribution in [0.25, 0.3) is 0 Å². The first-order valence-electron chi connectivity index (χ1n) is 10.2. The van der Waals surface area contributed by atoms with Crippen LogP contribution in [-0.2, 0) is 9.53 Å². The molecule has 6 nitrogen and oxygen atoms in total. The topological polar surface area (TPSA) is 61.9 Å². The summed E-state index contributed by atoms with van der Waals surface area (Å²) in [6, 6.07) is 0. The summed E-state index contributed by atoms with van der Waals surface area (Å²) in [4.78, 5) is 29.2. The van der Waals surface area contributed by atoms with Gasteiger partial charge in [-0.15, -0.1) is 0 Å². The summed E-state index contributed by atoms with van der Waals surface area (Å²) >= 11 is 0. The van der Waals surface area contributed by atoms with Gasteiger partial charge >= 0.3 is 6.09 Å². The highest BCUT2D eigenvalue weighted by Crippen LogP contribution is 2.42. The lowest BCUT2D eigenvalue weighted by atomic mass is 9.65. The van der Waals surface area contributed by atoms with Gasteiger partial charge in [-0.05, 0) is 65.5 Å². The first kappa shape index (κ1) is 19.6. The number of ketones is 1. The fourth-order valence-corrected chi connectivity index (χ4v) is 4.60. The molecule has 148 valence electrons. The molecule has 0 aromatic carbocycles. The summed E-state index contributed by atoms with van der Waals surface area (Å²) in [6.45, 7) is 11.8. The Morgan fingerprint density at radius 1 is 1.15 bits per heavy atom. The lowest BCUT2D eigenvalue weighted by molar-refractivity contribution is -0.135. The molecule has 1 aliphatic carbocycles. The third-order valence-electron chi connectivity index (χ3n) is 6.20. The molecule has 0 radical (unpaired) electrons. The molecule has 1 amide bonds. The minimum Gasteiger partial charge on any atom is -0.444 e. The van der Waals surface area contributed by atoms with Gasteiger partial charge in [0.1, 0.15) is 11.4 Å². The molecule has 0 aromatic rings. The molecule has 1 atom stereocenters. The van der Waals surface area contributed by atoms with Crippen LogP contribution in [0.4, 0.5) is 4.79 Å². The van der Waals surface area contributed by atoms with Crippen LogP contribution >= 0.6 is 0 Å². The van der Waals surface area contributed by atoms with Gasteiger partial charge in [0.15, 0.2) is 0 Å². The normalized spacial score (nSPS) is 27.6. The number of nitrogens with one attached hydrogen (secondary N) is 1. The Bertz CT molecular complexity index is 515. The molecule has 3 fully saturated rings. The van der Waals surface area contributed by atoms with Crippen molar-refractivity contribution in [1.29, 1.82) is 0 Å². The zero-order valence-corrected chi connectivity index (χ0v) is 16.7. The number of Topliss-reactive ketones (excluding diaryl/α,β-unsaturated/α-hetero) is 1. The van der Waals surface area contributed by atoms with E-state index in [1.54, 1.807) is 4.90 Å². The third kappa shape index (κ3) is 4.77. The van der Waals surface area contributed by atoms with Crippen molar-refractivity contribution in [3.63, 3.8) is 0 Å². The summed E-state index contributed by atoms with van der Waals surface area (Å²) in [5.41, 5.74) is -0.460. The summed E-state index contributed by atoms with van der Waals surface area (Å²) in [5, 5.41) is 3.38. The Morgan fingerprint density at radius 2 is 1.81 bits per heavy atom. The number of carbonyl (C=O) groups excluding carboxylic acids is 2. The van der Waals surface area contributed by atoms with Crippen molar-refractivity contribution in [2.45, 2.75) is 58.5 Å². The predicted octanol–water partition coefficient (Wildman–Crippen LogP) is 2.28. The number of rotatable bonds is 2. The van der Waals surface area contributed by atoms with E-state index >= 15 is 0 Å². The third-order valence-corrected chi connectivity index (χ3v) is 6.20. The molecule has 3 aliphatic rings. The molecule has 1 N–H and O–H groups in total. The van der Waals surface area contributed by atoms with Crippen LogP contribution in [0.1, 0.15) is 52.9 Å². The average molecular weight is 366 g/mol. The van der Waals surface area contributed by atoms with Gasteiger partial charge in [0.25, 0.3) is 0 Å². The molecule has 26 heavy (non-hydrogen) atoms. The summed E-state index contributed by atoms with van der Waals surface area (Å²) in [6.07, 6.45) is 4.80. The Balaban J connectivity index is 1.43. The van der Waals surface area contributed by atoms with E-state index in [9.17, 15) is 9.59 Å². The molecule has 3 rings (SSSR count). The number of piperazine rings is 1. The lowest BCUT2D eigenvalue weighted by Crippen LogP contribution is -2.52. The molecule has 6 heteroatoms. The van der Waals surface area contributed by atoms with Gasteiger partial charge in [0, 0.05) is 44.6 Å². The van der Waals surface area contributed by atoms with E-state index in [1.807, 2.05) is 20.8 Å². The molecule has 2 saturated heterocycles. The smallest absolute Gasteiger partial charge is 0.410 e. The van der Waals surface area contributed by atoms with Crippen LogP contribution in [0, 0.1) is 11.3 Å². The molecule has 1 unspecified atom stereocenters.